The number of aryl methyl sites for hydroxylation is 1. The molecule has 0 radical (unpaired) electrons. The number of aliphatic hydroxyl groups excluding tert-OH is 1. The lowest BCUT2D eigenvalue weighted by molar-refractivity contribution is 0.243. The highest BCUT2D eigenvalue weighted by Crippen LogP contribution is 2.06. The van der Waals surface area contributed by atoms with Crippen LogP contribution < -0.4 is 16.6 Å². The van der Waals surface area contributed by atoms with Crippen LogP contribution in [0.2, 0.25) is 0 Å². The van der Waals surface area contributed by atoms with E-state index in [1.165, 1.54) is 11.6 Å². The highest BCUT2D eigenvalue weighted by atomic mass is 16.3. The minimum atomic E-state index is -0.329. The van der Waals surface area contributed by atoms with Crippen molar-refractivity contribution in [3.63, 3.8) is 0 Å². The Balaban J connectivity index is 2.89. The molecule has 1 atom stereocenters. The topological polar surface area (TPSA) is 76.3 Å². The van der Waals surface area contributed by atoms with Gasteiger partial charge in [0, 0.05) is 45.0 Å². The zero-order valence-corrected chi connectivity index (χ0v) is 12.0. The third-order valence-electron chi connectivity index (χ3n) is 3.32. The minimum absolute atomic E-state index is 0.112. The molecule has 2 N–H and O–H groups in total. The quantitative estimate of drug-likeness (QED) is 0.735. The summed E-state index contributed by atoms with van der Waals surface area (Å²) in [6.07, 6.45) is 2.21. The van der Waals surface area contributed by atoms with E-state index in [0.717, 1.165) is 4.57 Å². The van der Waals surface area contributed by atoms with Gasteiger partial charge < -0.3 is 15.0 Å². The molecule has 0 saturated carbocycles. The van der Waals surface area contributed by atoms with Gasteiger partial charge in [-0.25, -0.2) is 4.79 Å². The smallest absolute Gasteiger partial charge is 0.330 e. The Kier molecular flexibility index (Phi) is 5.50. The fourth-order valence-corrected chi connectivity index (χ4v) is 2.06. The average molecular weight is 269 g/mol. The van der Waals surface area contributed by atoms with E-state index in [9.17, 15) is 9.59 Å². The summed E-state index contributed by atoms with van der Waals surface area (Å²) in [7, 11) is 3.10. The van der Waals surface area contributed by atoms with Gasteiger partial charge >= 0.3 is 5.69 Å². The second kappa shape index (κ2) is 6.68. The summed E-state index contributed by atoms with van der Waals surface area (Å²) in [6, 6.07) is 0.145. The first kappa shape index (κ1) is 15.7. The Labute approximate surface area is 112 Å². The first-order valence-corrected chi connectivity index (χ1v) is 6.48. The summed E-state index contributed by atoms with van der Waals surface area (Å²) in [5.74, 6) is 0.364. The monoisotopic (exact) mass is 269 g/mol. The van der Waals surface area contributed by atoms with Crippen molar-refractivity contribution in [2.24, 2.45) is 20.0 Å². The summed E-state index contributed by atoms with van der Waals surface area (Å²) in [6.45, 7) is 4.63. The van der Waals surface area contributed by atoms with Crippen LogP contribution in [0.4, 0.5) is 0 Å². The lowest BCUT2D eigenvalue weighted by Gasteiger charge is -2.21. The van der Waals surface area contributed by atoms with E-state index in [0.29, 0.717) is 24.4 Å². The third-order valence-corrected chi connectivity index (χ3v) is 3.32. The molecule has 0 saturated heterocycles. The van der Waals surface area contributed by atoms with Gasteiger partial charge in [0.1, 0.15) is 0 Å². The number of rotatable bonds is 6. The molecule has 0 amide bonds. The van der Waals surface area contributed by atoms with Gasteiger partial charge in [0.05, 0.1) is 0 Å². The standard InChI is InChI=1S/C13H23N3O3/c1-9(2)11(5-6-17)14-7-10-8-15(3)13(19)16(4)12(10)18/h8-9,11,14,17H,5-7H2,1-4H3. The average Bonchev–Trinajstić information content (AvgIpc) is 2.37. The van der Waals surface area contributed by atoms with Crippen LogP contribution in [-0.2, 0) is 20.6 Å². The second-order valence-electron chi connectivity index (χ2n) is 5.16. The van der Waals surface area contributed by atoms with Crippen molar-refractivity contribution in [3.8, 4) is 0 Å². The lowest BCUT2D eigenvalue weighted by Crippen LogP contribution is -2.41. The highest BCUT2D eigenvalue weighted by Gasteiger charge is 2.14. The van der Waals surface area contributed by atoms with E-state index >= 15 is 0 Å². The van der Waals surface area contributed by atoms with Gasteiger partial charge in [-0.15, -0.1) is 0 Å². The second-order valence-corrected chi connectivity index (χ2v) is 5.16. The van der Waals surface area contributed by atoms with Crippen LogP contribution in [0.3, 0.4) is 0 Å². The maximum absolute atomic E-state index is 11.9. The zero-order valence-electron chi connectivity index (χ0n) is 12.0. The van der Waals surface area contributed by atoms with Crippen molar-refractivity contribution < 1.29 is 5.11 Å². The number of aliphatic hydroxyl groups is 1. The molecule has 108 valence electrons. The maximum atomic E-state index is 11.9. The van der Waals surface area contributed by atoms with Crippen molar-refractivity contribution in [2.75, 3.05) is 6.61 Å². The van der Waals surface area contributed by atoms with E-state index in [1.807, 2.05) is 0 Å². The largest absolute Gasteiger partial charge is 0.396 e. The number of nitrogens with one attached hydrogen (secondary N) is 1. The van der Waals surface area contributed by atoms with E-state index in [1.54, 1.807) is 13.2 Å². The number of hydrogen-bond donors (Lipinski definition) is 2. The van der Waals surface area contributed by atoms with Crippen molar-refractivity contribution in [1.82, 2.24) is 14.5 Å². The van der Waals surface area contributed by atoms with Gasteiger partial charge in [-0.3, -0.25) is 9.36 Å². The van der Waals surface area contributed by atoms with Crippen molar-refractivity contribution in [1.29, 1.82) is 0 Å². The summed E-state index contributed by atoms with van der Waals surface area (Å²) in [5.41, 5.74) is -0.0557. The minimum Gasteiger partial charge on any atom is -0.396 e. The van der Waals surface area contributed by atoms with Gasteiger partial charge in [0.25, 0.3) is 5.56 Å². The fraction of sp³-hybridized carbons (Fsp3) is 0.692. The molecule has 1 aromatic heterocycles. The first-order valence-electron chi connectivity index (χ1n) is 6.48. The molecule has 0 bridgehead atoms. The fourth-order valence-electron chi connectivity index (χ4n) is 2.06. The van der Waals surface area contributed by atoms with E-state index in [2.05, 4.69) is 19.2 Å². The van der Waals surface area contributed by atoms with E-state index in [-0.39, 0.29) is 23.9 Å². The molecule has 0 aliphatic carbocycles. The van der Waals surface area contributed by atoms with Crippen molar-refractivity contribution in [3.05, 3.63) is 32.6 Å². The van der Waals surface area contributed by atoms with Crippen LogP contribution in [0.15, 0.2) is 15.8 Å². The van der Waals surface area contributed by atoms with Crippen LogP contribution >= 0.6 is 0 Å². The molecule has 0 aliphatic heterocycles. The van der Waals surface area contributed by atoms with Crippen LogP contribution in [0.5, 0.6) is 0 Å². The van der Waals surface area contributed by atoms with Crippen LogP contribution in [0.1, 0.15) is 25.8 Å². The molecule has 1 heterocycles. The predicted molar refractivity (Wildman–Crippen MR) is 74.1 cm³/mol. The Morgan fingerprint density at radius 2 is 1.95 bits per heavy atom. The molecule has 1 aromatic rings. The first-order chi connectivity index (χ1) is 8.88. The van der Waals surface area contributed by atoms with Gasteiger partial charge in [-0.05, 0) is 12.3 Å². The summed E-state index contributed by atoms with van der Waals surface area (Å²) >= 11 is 0. The Morgan fingerprint density at radius 3 is 2.47 bits per heavy atom. The summed E-state index contributed by atoms with van der Waals surface area (Å²) in [5, 5.41) is 12.3. The number of hydrogen-bond acceptors (Lipinski definition) is 4. The van der Waals surface area contributed by atoms with Gasteiger partial charge in [0.2, 0.25) is 0 Å². The molecule has 0 spiro atoms. The van der Waals surface area contributed by atoms with Gasteiger partial charge in [0.15, 0.2) is 0 Å². The van der Waals surface area contributed by atoms with Gasteiger partial charge in [-0.2, -0.15) is 0 Å². The van der Waals surface area contributed by atoms with E-state index in [4.69, 9.17) is 5.11 Å². The summed E-state index contributed by atoms with van der Waals surface area (Å²) in [4.78, 5) is 23.5. The van der Waals surface area contributed by atoms with Crippen LogP contribution in [0.25, 0.3) is 0 Å². The Bertz CT molecular complexity index is 531. The molecule has 19 heavy (non-hydrogen) atoms. The summed E-state index contributed by atoms with van der Waals surface area (Å²) < 4.78 is 2.50. The van der Waals surface area contributed by atoms with Crippen molar-refractivity contribution in [2.45, 2.75) is 32.9 Å². The highest BCUT2D eigenvalue weighted by molar-refractivity contribution is 5.05. The molecular formula is C13H23N3O3. The predicted octanol–water partition coefficient (Wildman–Crippen LogP) is -0.419. The van der Waals surface area contributed by atoms with Crippen molar-refractivity contribution >= 4 is 0 Å². The molecular weight excluding hydrogens is 246 g/mol. The molecule has 0 aliphatic rings. The molecule has 6 heteroatoms. The van der Waals surface area contributed by atoms with Crippen LogP contribution in [-0.4, -0.2) is 26.9 Å². The van der Waals surface area contributed by atoms with Gasteiger partial charge in [-0.1, -0.05) is 13.8 Å². The lowest BCUT2D eigenvalue weighted by atomic mass is 10.0. The molecule has 6 nitrogen and oxygen atoms in total. The number of nitrogens with zero attached hydrogens (tertiary/aromatic N) is 2. The zero-order chi connectivity index (χ0) is 14.6. The normalized spacial score (nSPS) is 12.9. The van der Waals surface area contributed by atoms with Crippen LogP contribution in [0, 0.1) is 5.92 Å². The molecule has 0 fully saturated rings. The molecule has 1 rings (SSSR count). The molecule has 0 aromatic carbocycles. The number of aromatic nitrogens is 2. The Morgan fingerprint density at radius 1 is 1.32 bits per heavy atom. The third kappa shape index (κ3) is 3.78. The van der Waals surface area contributed by atoms with E-state index < -0.39 is 0 Å². The molecule has 1 unspecified atom stereocenters. The maximum Gasteiger partial charge on any atom is 0.330 e. The Hall–Kier alpha value is -1.40. The SMILES string of the molecule is CC(C)C(CCO)NCc1cn(C)c(=O)n(C)c1=O.